The second kappa shape index (κ2) is 3.42. The lowest BCUT2D eigenvalue weighted by Gasteiger charge is -2.20. The first-order valence-corrected chi connectivity index (χ1v) is 4.48. The van der Waals surface area contributed by atoms with Crippen LogP contribution in [0.25, 0.3) is 0 Å². The number of hydrogen-bond acceptors (Lipinski definition) is 3. The van der Waals surface area contributed by atoms with Gasteiger partial charge in [-0.3, -0.25) is 0 Å². The van der Waals surface area contributed by atoms with Crippen molar-refractivity contribution in [1.82, 2.24) is 9.97 Å². The summed E-state index contributed by atoms with van der Waals surface area (Å²) in [5, 5.41) is 0. The Hall–Kier alpha value is -0.960. The Labute approximate surface area is 79.4 Å². The van der Waals surface area contributed by atoms with E-state index < -0.39 is 0 Å². The monoisotopic (exact) mass is 179 g/mol. The van der Waals surface area contributed by atoms with Gasteiger partial charge in [-0.15, -0.1) is 0 Å². The first kappa shape index (κ1) is 10.1. The second-order valence-electron chi connectivity index (χ2n) is 4.05. The molecule has 0 bridgehead atoms. The Morgan fingerprint density at radius 1 is 1.38 bits per heavy atom. The zero-order valence-corrected chi connectivity index (χ0v) is 8.76. The molecule has 0 spiro atoms. The van der Waals surface area contributed by atoms with Crippen LogP contribution in [0.15, 0.2) is 6.20 Å². The van der Waals surface area contributed by atoms with Gasteiger partial charge in [-0.2, -0.15) is 0 Å². The summed E-state index contributed by atoms with van der Waals surface area (Å²) in [6.45, 7) is 8.67. The van der Waals surface area contributed by atoms with Gasteiger partial charge in [0.1, 0.15) is 5.82 Å². The molecule has 3 nitrogen and oxygen atoms in total. The van der Waals surface area contributed by atoms with Crippen LogP contribution >= 0.6 is 0 Å². The molecule has 2 N–H and O–H groups in total. The fraction of sp³-hybridized carbons (Fsp3) is 0.600. The van der Waals surface area contributed by atoms with Crippen LogP contribution in [-0.2, 0) is 5.41 Å². The van der Waals surface area contributed by atoms with E-state index in [4.69, 9.17) is 5.73 Å². The highest BCUT2D eigenvalue weighted by atomic mass is 14.9. The molecule has 0 saturated heterocycles. The van der Waals surface area contributed by atoms with Crippen LogP contribution in [0.2, 0.25) is 0 Å². The maximum absolute atomic E-state index is 5.65. The highest BCUT2D eigenvalue weighted by Gasteiger charge is 2.21. The summed E-state index contributed by atoms with van der Waals surface area (Å²) in [4.78, 5) is 8.71. The van der Waals surface area contributed by atoms with Crippen LogP contribution < -0.4 is 5.73 Å². The van der Waals surface area contributed by atoms with Crippen LogP contribution in [0.1, 0.15) is 30.9 Å². The molecule has 1 heterocycles. The SMILES string of the molecule is Cc1cnc(C(C)(C)CN)nc1C. The zero-order chi connectivity index (χ0) is 10.1. The molecular formula is C10H17N3. The summed E-state index contributed by atoms with van der Waals surface area (Å²) < 4.78 is 0. The van der Waals surface area contributed by atoms with Crippen molar-refractivity contribution in [3.05, 3.63) is 23.3 Å². The van der Waals surface area contributed by atoms with Crippen molar-refractivity contribution < 1.29 is 0 Å². The van der Waals surface area contributed by atoms with Crippen molar-refractivity contribution in [2.45, 2.75) is 33.1 Å². The lowest BCUT2D eigenvalue weighted by atomic mass is 9.92. The van der Waals surface area contributed by atoms with Crippen molar-refractivity contribution >= 4 is 0 Å². The molecule has 0 fully saturated rings. The molecule has 0 aliphatic carbocycles. The smallest absolute Gasteiger partial charge is 0.135 e. The van der Waals surface area contributed by atoms with Crippen molar-refractivity contribution in [3.8, 4) is 0 Å². The van der Waals surface area contributed by atoms with Gasteiger partial charge in [0.15, 0.2) is 0 Å². The minimum absolute atomic E-state index is 0.127. The largest absolute Gasteiger partial charge is 0.329 e. The molecule has 0 unspecified atom stereocenters. The molecule has 0 aliphatic rings. The van der Waals surface area contributed by atoms with Crippen molar-refractivity contribution in [1.29, 1.82) is 0 Å². The van der Waals surface area contributed by atoms with E-state index in [0.717, 1.165) is 17.1 Å². The van der Waals surface area contributed by atoms with Gasteiger partial charge in [-0.25, -0.2) is 9.97 Å². The Kier molecular flexibility index (Phi) is 2.66. The van der Waals surface area contributed by atoms with E-state index >= 15 is 0 Å². The third-order valence-electron chi connectivity index (χ3n) is 2.34. The van der Waals surface area contributed by atoms with Crippen LogP contribution in [-0.4, -0.2) is 16.5 Å². The Balaban J connectivity index is 3.10. The molecule has 3 heteroatoms. The third kappa shape index (κ3) is 2.04. The van der Waals surface area contributed by atoms with E-state index in [2.05, 4.69) is 23.8 Å². The lowest BCUT2D eigenvalue weighted by Crippen LogP contribution is -2.30. The summed E-state index contributed by atoms with van der Waals surface area (Å²) in [6.07, 6.45) is 1.86. The normalized spacial score (nSPS) is 11.8. The van der Waals surface area contributed by atoms with E-state index in [-0.39, 0.29) is 5.41 Å². The average Bonchev–Trinajstić information content (AvgIpc) is 2.09. The summed E-state index contributed by atoms with van der Waals surface area (Å²) in [5.74, 6) is 0.832. The Morgan fingerprint density at radius 2 is 2.00 bits per heavy atom. The minimum Gasteiger partial charge on any atom is -0.329 e. The second-order valence-corrected chi connectivity index (χ2v) is 4.05. The summed E-state index contributed by atoms with van der Waals surface area (Å²) in [7, 11) is 0. The standard InChI is InChI=1S/C10H17N3/c1-7-5-12-9(13-8(7)2)10(3,4)6-11/h5H,6,11H2,1-4H3. The molecule has 13 heavy (non-hydrogen) atoms. The highest BCUT2D eigenvalue weighted by molar-refractivity contribution is 5.17. The predicted molar refractivity (Wildman–Crippen MR) is 53.6 cm³/mol. The number of hydrogen-bond donors (Lipinski definition) is 1. The molecule has 1 aromatic rings. The van der Waals surface area contributed by atoms with Gasteiger partial charge in [0.05, 0.1) is 0 Å². The van der Waals surface area contributed by atoms with Gasteiger partial charge in [-0.1, -0.05) is 13.8 Å². The van der Waals surface area contributed by atoms with Gasteiger partial charge in [-0.05, 0) is 19.4 Å². The van der Waals surface area contributed by atoms with Crippen LogP contribution in [0.4, 0.5) is 0 Å². The van der Waals surface area contributed by atoms with E-state index in [0.29, 0.717) is 6.54 Å². The number of aromatic nitrogens is 2. The minimum atomic E-state index is -0.127. The van der Waals surface area contributed by atoms with Crippen molar-refractivity contribution in [3.63, 3.8) is 0 Å². The molecule has 0 amide bonds. The van der Waals surface area contributed by atoms with Crippen LogP contribution in [0.3, 0.4) is 0 Å². The number of aryl methyl sites for hydroxylation is 2. The van der Waals surface area contributed by atoms with E-state index in [9.17, 15) is 0 Å². The Morgan fingerprint density at radius 3 is 2.46 bits per heavy atom. The molecule has 1 aromatic heterocycles. The van der Waals surface area contributed by atoms with E-state index in [1.807, 2.05) is 20.0 Å². The van der Waals surface area contributed by atoms with Gasteiger partial charge >= 0.3 is 0 Å². The predicted octanol–water partition coefficient (Wildman–Crippen LogP) is 1.33. The molecule has 0 saturated carbocycles. The lowest BCUT2D eigenvalue weighted by molar-refractivity contribution is 0.500. The molecule has 72 valence electrons. The van der Waals surface area contributed by atoms with E-state index in [1.165, 1.54) is 0 Å². The topological polar surface area (TPSA) is 51.8 Å². The molecular weight excluding hydrogens is 162 g/mol. The van der Waals surface area contributed by atoms with Gasteiger partial charge in [0, 0.05) is 23.9 Å². The first-order valence-electron chi connectivity index (χ1n) is 4.48. The number of nitrogens with two attached hydrogens (primary N) is 1. The van der Waals surface area contributed by atoms with Crippen molar-refractivity contribution in [2.75, 3.05) is 6.54 Å². The van der Waals surface area contributed by atoms with E-state index in [1.54, 1.807) is 0 Å². The Bertz CT molecular complexity index is 305. The zero-order valence-electron chi connectivity index (χ0n) is 8.76. The highest BCUT2D eigenvalue weighted by Crippen LogP contribution is 2.17. The van der Waals surface area contributed by atoms with Gasteiger partial charge in [0.25, 0.3) is 0 Å². The van der Waals surface area contributed by atoms with Crippen LogP contribution in [0, 0.1) is 13.8 Å². The first-order chi connectivity index (χ1) is 5.97. The summed E-state index contributed by atoms with van der Waals surface area (Å²) in [6, 6.07) is 0. The summed E-state index contributed by atoms with van der Waals surface area (Å²) in [5.41, 5.74) is 7.68. The third-order valence-corrected chi connectivity index (χ3v) is 2.34. The van der Waals surface area contributed by atoms with Gasteiger partial charge in [0.2, 0.25) is 0 Å². The fourth-order valence-electron chi connectivity index (χ4n) is 0.945. The average molecular weight is 179 g/mol. The van der Waals surface area contributed by atoms with Crippen LogP contribution in [0.5, 0.6) is 0 Å². The quantitative estimate of drug-likeness (QED) is 0.745. The fourth-order valence-corrected chi connectivity index (χ4v) is 0.945. The maximum atomic E-state index is 5.65. The van der Waals surface area contributed by atoms with Gasteiger partial charge < -0.3 is 5.73 Å². The number of nitrogens with zero attached hydrogens (tertiary/aromatic N) is 2. The molecule has 0 aromatic carbocycles. The number of rotatable bonds is 2. The molecule has 0 atom stereocenters. The molecule has 0 aliphatic heterocycles. The summed E-state index contributed by atoms with van der Waals surface area (Å²) >= 11 is 0. The van der Waals surface area contributed by atoms with Crippen molar-refractivity contribution in [2.24, 2.45) is 5.73 Å². The molecule has 0 radical (unpaired) electrons. The maximum Gasteiger partial charge on any atom is 0.135 e. The molecule has 1 rings (SSSR count).